The summed E-state index contributed by atoms with van der Waals surface area (Å²) < 4.78 is 56.7. The van der Waals surface area contributed by atoms with Crippen molar-refractivity contribution in [1.29, 1.82) is 0 Å². The van der Waals surface area contributed by atoms with Crippen molar-refractivity contribution in [3.05, 3.63) is 29.3 Å². The van der Waals surface area contributed by atoms with Crippen LogP contribution in [0, 0.1) is 23.3 Å². The number of nitrogens with two attached hydrogens (primary N) is 1. The van der Waals surface area contributed by atoms with Crippen molar-refractivity contribution in [2.45, 2.75) is 32.2 Å². The Balaban J connectivity index is 2.57. The highest BCUT2D eigenvalue weighted by atomic mass is 19.2. The maximum atomic E-state index is 13.2. The predicted octanol–water partition coefficient (Wildman–Crippen LogP) is 3.14. The van der Waals surface area contributed by atoms with Gasteiger partial charge in [-0.2, -0.15) is 8.78 Å². The van der Waals surface area contributed by atoms with Gasteiger partial charge in [0.1, 0.15) is 0 Å². The Labute approximate surface area is 103 Å². The second-order valence-electron chi connectivity index (χ2n) is 4.12. The van der Waals surface area contributed by atoms with E-state index in [-0.39, 0.29) is 18.7 Å². The standard InChI is InChI=1S/C12H15F4NO/c1-7(17)4-2-3-5-18-12-10(15)8(13)6-9(14)11(12)16/h6-7H,2-5,17H2,1H3. The molecule has 1 unspecified atom stereocenters. The summed E-state index contributed by atoms with van der Waals surface area (Å²) in [5.41, 5.74) is 5.51. The lowest BCUT2D eigenvalue weighted by Crippen LogP contribution is -2.14. The molecule has 0 saturated carbocycles. The van der Waals surface area contributed by atoms with Gasteiger partial charge in [-0.1, -0.05) is 0 Å². The zero-order chi connectivity index (χ0) is 13.7. The SMILES string of the molecule is CC(N)CCCCOc1c(F)c(F)cc(F)c1F. The van der Waals surface area contributed by atoms with Crippen LogP contribution in [0.5, 0.6) is 5.75 Å². The number of rotatable bonds is 6. The van der Waals surface area contributed by atoms with Gasteiger partial charge in [0.05, 0.1) is 6.61 Å². The Bertz CT molecular complexity index is 383. The molecule has 2 N–H and O–H groups in total. The van der Waals surface area contributed by atoms with Crippen LogP contribution in [0.25, 0.3) is 0 Å². The van der Waals surface area contributed by atoms with Gasteiger partial charge in [0.2, 0.25) is 11.6 Å². The monoisotopic (exact) mass is 265 g/mol. The lowest BCUT2D eigenvalue weighted by molar-refractivity contribution is 0.263. The fourth-order valence-electron chi connectivity index (χ4n) is 1.42. The van der Waals surface area contributed by atoms with E-state index >= 15 is 0 Å². The molecule has 0 aliphatic carbocycles. The average Bonchev–Trinajstić information content (AvgIpc) is 2.30. The molecule has 1 aromatic rings. The number of hydrogen-bond donors (Lipinski definition) is 1. The number of hydrogen-bond acceptors (Lipinski definition) is 2. The zero-order valence-electron chi connectivity index (χ0n) is 9.98. The molecule has 0 heterocycles. The molecule has 0 spiro atoms. The normalized spacial score (nSPS) is 12.6. The van der Waals surface area contributed by atoms with E-state index in [0.717, 1.165) is 6.42 Å². The average molecular weight is 265 g/mol. The van der Waals surface area contributed by atoms with Gasteiger partial charge in [-0.3, -0.25) is 0 Å². The molecule has 6 heteroatoms. The highest BCUT2D eigenvalue weighted by molar-refractivity contribution is 5.28. The smallest absolute Gasteiger partial charge is 0.203 e. The molecule has 0 aromatic heterocycles. The van der Waals surface area contributed by atoms with E-state index < -0.39 is 29.0 Å². The first kappa shape index (κ1) is 14.8. The molecule has 0 saturated heterocycles. The number of benzene rings is 1. The maximum Gasteiger partial charge on any atom is 0.203 e. The van der Waals surface area contributed by atoms with Crippen LogP contribution in [-0.4, -0.2) is 12.6 Å². The Hall–Kier alpha value is -1.30. The first-order valence-corrected chi connectivity index (χ1v) is 5.65. The van der Waals surface area contributed by atoms with E-state index in [1.165, 1.54) is 0 Å². The van der Waals surface area contributed by atoms with Crippen LogP contribution in [0.2, 0.25) is 0 Å². The van der Waals surface area contributed by atoms with Crippen molar-refractivity contribution < 1.29 is 22.3 Å². The molecule has 18 heavy (non-hydrogen) atoms. The van der Waals surface area contributed by atoms with Crippen molar-refractivity contribution in [2.75, 3.05) is 6.61 Å². The van der Waals surface area contributed by atoms with Gasteiger partial charge in [-0.05, 0) is 26.2 Å². The van der Waals surface area contributed by atoms with E-state index in [1.54, 1.807) is 0 Å². The first-order chi connectivity index (χ1) is 8.43. The molecule has 0 aliphatic rings. The molecule has 0 bridgehead atoms. The van der Waals surface area contributed by atoms with Crippen molar-refractivity contribution in [3.8, 4) is 5.75 Å². The number of unbranched alkanes of at least 4 members (excludes halogenated alkanes) is 1. The van der Waals surface area contributed by atoms with Gasteiger partial charge in [0.15, 0.2) is 17.4 Å². The minimum atomic E-state index is -1.51. The van der Waals surface area contributed by atoms with Crippen LogP contribution in [0.1, 0.15) is 26.2 Å². The Morgan fingerprint density at radius 1 is 1.11 bits per heavy atom. The highest BCUT2D eigenvalue weighted by Crippen LogP contribution is 2.26. The second-order valence-corrected chi connectivity index (χ2v) is 4.12. The van der Waals surface area contributed by atoms with Crippen molar-refractivity contribution in [3.63, 3.8) is 0 Å². The topological polar surface area (TPSA) is 35.2 Å². The fraction of sp³-hybridized carbons (Fsp3) is 0.500. The molecular formula is C12H15F4NO. The van der Waals surface area contributed by atoms with Crippen molar-refractivity contribution >= 4 is 0 Å². The van der Waals surface area contributed by atoms with Crippen LogP contribution in [0.4, 0.5) is 17.6 Å². The Kier molecular flexibility index (Phi) is 5.40. The maximum absolute atomic E-state index is 13.2. The Morgan fingerprint density at radius 3 is 2.17 bits per heavy atom. The highest BCUT2D eigenvalue weighted by Gasteiger charge is 2.20. The number of halogens is 4. The summed E-state index contributed by atoms with van der Waals surface area (Å²) in [6.45, 7) is 1.81. The lowest BCUT2D eigenvalue weighted by Gasteiger charge is -2.10. The van der Waals surface area contributed by atoms with Crippen LogP contribution >= 0.6 is 0 Å². The molecule has 1 aromatic carbocycles. The van der Waals surface area contributed by atoms with E-state index in [0.29, 0.717) is 12.8 Å². The van der Waals surface area contributed by atoms with Gasteiger partial charge >= 0.3 is 0 Å². The van der Waals surface area contributed by atoms with Crippen LogP contribution in [-0.2, 0) is 0 Å². The summed E-state index contributed by atoms with van der Waals surface area (Å²) >= 11 is 0. The van der Waals surface area contributed by atoms with E-state index in [9.17, 15) is 17.6 Å². The summed E-state index contributed by atoms with van der Waals surface area (Å²) in [6.07, 6.45) is 1.95. The molecule has 0 fully saturated rings. The summed E-state index contributed by atoms with van der Waals surface area (Å²) in [7, 11) is 0. The quantitative estimate of drug-likeness (QED) is 0.487. The third-order valence-corrected chi connectivity index (χ3v) is 2.37. The minimum absolute atomic E-state index is 0.0244. The van der Waals surface area contributed by atoms with E-state index in [1.807, 2.05) is 6.92 Å². The van der Waals surface area contributed by atoms with Gasteiger partial charge in [0.25, 0.3) is 0 Å². The van der Waals surface area contributed by atoms with E-state index in [2.05, 4.69) is 0 Å². The van der Waals surface area contributed by atoms with Gasteiger partial charge in [0, 0.05) is 12.1 Å². The summed E-state index contributed by atoms with van der Waals surface area (Å²) in [4.78, 5) is 0. The third kappa shape index (κ3) is 3.87. The molecule has 1 rings (SSSR count). The van der Waals surface area contributed by atoms with E-state index in [4.69, 9.17) is 10.5 Å². The largest absolute Gasteiger partial charge is 0.487 e. The van der Waals surface area contributed by atoms with Crippen LogP contribution < -0.4 is 10.5 Å². The van der Waals surface area contributed by atoms with Gasteiger partial charge in [-0.15, -0.1) is 0 Å². The Morgan fingerprint density at radius 2 is 1.67 bits per heavy atom. The lowest BCUT2D eigenvalue weighted by atomic mass is 10.1. The minimum Gasteiger partial charge on any atom is -0.487 e. The summed E-state index contributed by atoms with van der Waals surface area (Å²) in [6, 6.07) is 0.179. The zero-order valence-corrected chi connectivity index (χ0v) is 9.98. The van der Waals surface area contributed by atoms with Crippen LogP contribution in [0.3, 0.4) is 0 Å². The van der Waals surface area contributed by atoms with Crippen molar-refractivity contribution in [1.82, 2.24) is 0 Å². The molecule has 0 radical (unpaired) electrons. The molecular weight excluding hydrogens is 250 g/mol. The molecule has 0 amide bonds. The van der Waals surface area contributed by atoms with Crippen LogP contribution in [0.15, 0.2) is 6.07 Å². The second kappa shape index (κ2) is 6.58. The predicted molar refractivity (Wildman–Crippen MR) is 59.3 cm³/mol. The van der Waals surface area contributed by atoms with Gasteiger partial charge in [-0.25, -0.2) is 8.78 Å². The molecule has 2 nitrogen and oxygen atoms in total. The van der Waals surface area contributed by atoms with Crippen molar-refractivity contribution in [2.24, 2.45) is 5.73 Å². The molecule has 1 atom stereocenters. The number of ether oxygens (including phenoxy) is 1. The van der Waals surface area contributed by atoms with Gasteiger partial charge < -0.3 is 10.5 Å². The third-order valence-electron chi connectivity index (χ3n) is 2.37. The summed E-state index contributed by atoms with van der Waals surface area (Å²) in [5.74, 6) is -6.98. The molecule has 0 aliphatic heterocycles. The summed E-state index contributed by atoms with van der Waals surface area (Å²) in [5, 5.41) is 0. The first-order valence-electron chi connectivity index (χ1n) is 5.65. The fourth-order valence-corrected chi connectivity index (χ4v) is 1.42. The molecule has 102 valence electrons.